The fourth-order valence-corrected chi connectivity index (χ4v) is 7.87. The number of rotatable bonds is 5. The van der Waals surface area contributed by atoms with Crippen molar-refractivity contribution in [2.45, 2.75) is 79.1 Å². The molecule has 2 heterocycles. The second-order valence-electron chi connectivity index (χ2n) is 15.8. The van der Waals surface area contributed by atoms with Crippen LogP contribution in [0.1, 0.15) is 84.5 Å². The summed E-state index contributed by atoms with van der Waals surface area (Å²) in [5.41, 5.74) is 16.4. The standard InChI is InChI=1S/C48H46N2.C2H6/c1-47(2,3)45-31-33-19-7-15-27-41(33)49(45)43-29-17-13-25-39(43)37-23-11-9-21-35(37)36-22-10-12-24-38(36)40-26-14-18-30-44(40)50-42-28-16-8-20-34(42)32-46(50)48(4,5)6;1-2/h7,9-19,21-32H,8,20H2,1-6H3;1-2H3. The first-order valence-electron chi connectivity index (χ1n) is 19.0. The van der Waals surface area contributed by atoms with Crippen LogP contribution in [-0.2, 0) is 17.3 Å². The number of para-hydroxylation sites is 3. The maximum absolute atomic E-state index is 2.53. The van der Waals surface area contributed by atoms with Gasteiger partial charge in [-0.3, -0.25) is 0 Å². The highest BCUT2D eigenvalue weighted by Crippen LogP contribution is 2.44. The summed E-state index contributed by atoms with van der Waals surface area (Å²) in [5.74, 6) is 0. The van der Waals surface area contributed by atoms with Gasteiger partial charge in [-0.15, -0.1) is 0 Å². The number of hydrogen-bond acceptors (Lipinski definition) is 0. The molecule has 0 saturated heterocycles. The smallest absolute Gasteiger partial charge is 0.0537 e. The summed E-state index contributed by atoms with van der Waals surface area (Å²) in [6, 6.07) is 49.4. The highest BCUT2D eigenvalue weighted by Gasteiger charge is 2.27. The Bertz CT molecular complexity index is 2400. The molecule has 0 aliphatic heterocycles. The molecule has 5 aromatic carbocycles. The molecule has 2 nitrogen and oxygen atoms in total. The first-order valence-corrected chi connectivity index (χ1v) is 19.0. The third-order valence-electron chi connectivity index (χ3n) is 10.2. The normalized spacial score (nSPS) is 12.8. The van der Waals surface area contributed by atoms with E-state index in [1.54, 1.807) is 0 Å². The maximum atomic E-state index is 2.53. The van der Waals surface area contributed by atoms with Gasteiger partial charge in [0.05, 0.1) is 16.9 Å². The Morgan fingerprint density at radius 1 is 0.462 bits per heavy atom. The largest absolute Gasteiger partial charge is 0.313 e. The number of nitrogens with zero attached hydrogens (tertiary/aromatic N) is 2. The molecule has 0 fully saturated rings. The molecule has 0 atom stereocenters. The Labute approximate surface area is 311 Å². The molecule has 2 aromatic heterocycles. The number of allylic oxidation sites excluding steroid dienone is 1. The summed E-state index contributed by atoms with van der Waals surface area (Å²) in [7, 11) is 0. The third-order valence-corrected chi connectivity index (χ3v) is 10.2. The minimum Gasteiger partial charge on any atom is -0.313 e. The number of hydrogen-bond donors (Lipinski definition) is 0. The molecule has 1 aliphatic carbocycles. The zero-order chi connectivity index (χ0) is 36.6. The molecule has 0 unspecified atom stereocenters. The quantitative estimate of drug-likeness (QED) is 0.171. The monoisotopic (exact) mass is 680 g/mol. The van der Waals surface area contributed by atoms with E-state index in [9.17, 15) is 0 Å². The van der Waals surface area contributed by atoms with Crippen molar-refractivity contribution in [1.29, 1.82) is 0 Å². The predicted molar refractivity (Wildman–Crippen MR) is 225 cm³/mol. The second kappa shape index (κ2) is 14.0. The van der Waals surface area contributed by atoms with Gasteiger partial charge in [0, 0.05) is 44.4 Å². The molecule has 0 radical (unpaired) electrons. The van der Waals surface area contributed by atoms with Crippen molar-refractivity contribution in [1.82, 2.24) is 9.13 Å². The fourth-order valence-electron chi connectivity index (χ4n) is 7.87. The van der Waals surface area contributed by atoms with Crippen LogP contribution in [0.2, 0.25) is 0 Å². The van der Waals surface area contributed by atoms with Gasteiger partial charge in [0.1, 0.15) is 0 Å². The van der Waals surface area contributed by atoms with Crippen LogP contribution >= 0.6 is 0 Å². The first-order chi connectivity index (χ1) is 25.1. The van der Waals surface area contributed by atoms with Crippen molar-refractivity contribution in [2.24, 2.45) is 0 Å². The summed E-state index contributed by atoms with van der Waals surface area (Å²) in [6.45, 7) is 17.9. The zero-order valence-corrected chi connectivity index (χ0v) is 32.2. The maximum Gasteiger partial charge on any atom is 0.0537 e. The average Bonchev–Trinajstić information content (AvgIpc) is 3.76. The van der Waals surface area contributed by atoms with Crippen molar-refractivity contribution in [2.75, 3.05) is 0 Å². The van der Waals surface area contributed by atoms with Gasteiger partial charge in [-0.25, -0.2) is 0 Å². The number of fused-ring (bicyclic) bond motifs is 2. The van der Waals surface area contributed by atoms with Crippen LogP contribution in [0, 0.1) is 0 Å². The molecule has 8 rings (SSSR count). The van der Waals surface area contributed by atoms with Crippen molar-refractivity contribution in [3.63, 3.8) is 0 Å². The number of aryl methyl sites for hydroxylation is 1. The highest BCUT2D eigenvalue weighted by atomic mass is 15.0. The van der Waals surface area contributed by atoms with E-state index in [1.807, 2.05) is 13.8 Å². The van der Waals surface area contributed by atoms with Crippen LogP contribution in [0.3, 0.4) is 0 Å². The molecule has 0 spiro atoms. The Morgan fingerprint density at radius 2 is 0.885 bits per heavy atom. The Hall–Kier alpha value is -5.34. The molecule has 7 aromatic rings. The van der Waals surface area contributed by atoms with Crippen molar-refractivity contribution < 1.29 is 0 Å². The molecule has 2 heteroatoms. The van der Waals surface area contributed by atoms with E-state index in [4.69, 9.17) is 0 Å². The minimum atomic E-state index is -0.0410. The van der Waals surface area contributed by atoms with Gasteiger partial charge < -0.3 is 9.13 Å². The minimum absolute atomic E-state index is 0.0112. The van der Waals surface area contributed by atoms with Crippen LogP contribution in [0.15, 0.2) is 140 Å². The van der Waals surface area contributed by atoms with Crippen molar-refractivity contribution in [3.05, 3.63) is 162 Å². The van der Waals surface area contributed by atoms with Crippen LogP contribution in [0.4, 0.5) is 0 Å². The Morgan fingerprint density at radius 3 is 1.42 bits per heavy atom. The summed E-state index contributed by atoms with van der Waals surface area (Å²) in [4.78, 5) is 0. The Kier molecular flexibility index (Phi) is 9.44. The first kappa shape index (κ1) is 35.1. The predicted octanol–water partition coefficient (Wildman–Crippen LogP) is 14.0. The number of benzene rings is 5. The van der Waals surface area contributed by atoms with Gasteiger partial charge in [0.2, 0.25) is 0 Å². The van der Waals surface area contributed by atoms with Gasteiger partial charge in [-0.1, -0.05) is 165 Å². The summed E-state index contributed by atoms with van der Waals surface area (Å²) >= 11 is 0. The molecular weight excluding hydrogens is 629 g/mol. The molecule has 0 bridgehead atoms. The van der Waals surface area contributed by atoms with Gasteiger partial charge in [-0.05, 0) is 77.1 Å². The highest BCUT2D eigenvalue weighted by molar-refractivity contribution is 5.96. The van der Waals surface area contributed by atoms with E-state index < -0.39 is 0 Å². The summed E-state index contributed by atoms with van der Waals surface area (Å²) in [5, 5.41) is 1.26. The molecule has 262 valence electrons. The lowest BCUT2D eigenvalue weighted by Gasteiger charge is -2.26. The van der Waals surface area contributed by atoms with E-state index >= 15 is 0 Å². The SMILES string of the molecule is CC.CC(C)(C)c1cc2c(n1-c1ccccc1-c1ccccc1-c1ccccc1-c1ccccc1-n1c(C(C)(C)C)cc3ccccc31)C=CCC2. The van der Waals surface area contributed by atoms with Gasteiger partial charge in [0.15, 0.2) is 0 Å². The molecule has 52 heavy (non-hydrogen) atoms. The van der Waals surface area contributed by atoms with E-state index in [2.05, 4.69) is 196 Å². The lowest BCUT2D eigenvalue weighted by Crippen LogP contribution is -2.18. The zero-order valence-electron chi connectivity index (χ0n) is 32.2. The lowest BCUT2D eigenvalue weighted by molar-refractivity contribution is 0.556. The van der Waals surface area contributed by atoms with E-state index in [1.165, 1.54) is 78.3 Å². The molecule has 0 saturated carbocycles. The van der Waals surface area contributed by atoms with E-state index in [0.29, 0.717) is 0 Å². The van der Waals surface area contributed by atoms with Gasteiger partial charge in [0.25, 0.3) is 0 Å². The van der Waals surface area contributed by atoms with Crippen LogP contribution in [0.5, 0.6) is 0 Å². The van der Waals surface area contributed by atoms with E-state index in [-0.39, 0.29) is 10.8 Å². The molecule has 0 amide bonds. The van der Waals surface area contributed by atoms with Crippen molar-refractivity contribution >= 4 is 17.0 Å². The molecule has 0 N–H and O–H groups in total. The topological polar surface area (TPSA) is 9.86 Å². The summed E-state index contributed by atoms with van der Waals surface area (Å²) < 4.78 is 5.02. The Balaban J connectivity index is 0.00000207. The molecular formula is C50H52N2. The van der Waals surface area contributed by atoms with E-state index in [0.717, 1.165) is 12.8 Å². The third kappa shape index (κ3) is 6.26. The molecule has 1 aliphatic rings. The van der Waals surface area contributed by atoms with Gasteiger partial charge in [-0.2, -0.15) is 0 Å². The van der Waals surface area contributed by atoms with Crippen molar-refractivity contribution in [3.8, 4) is 44.8 Å². The summed E-state index contributed by atoms with van der Waals surface area (Å²) in [6.07, 6.45) is 6.84. The average molecular weight is 681 g/mol. The number of aromatic nitrogens is 2. The van der Waals surface area contributed by atoms with Crippen LogP contribution in [0.25, 0.3) is 61.7 Å². The van der Waals surface area contributed by atoms with Gasteiger partial charge >= 0.3 is 0 Å². The van der Waals surface area contributed by atoms with Crippen LogP contribution in [-0.4, -0.2) is 9.13 Å². The lowest BCUT2D eigenvalue weighted by atomic mass is 9.87. The van der Waals surface area contributed by atoms with Crippen LogP contribution < -0.4 is 0 Å². The fraction of sp³-hybridized carbons (Fsp3) is 0.240. The second-order valence-corrected chi connectivity index (χ2v) is 15.8.